The number of benzene rings is 2. The van der Waals surface area contributed by atoms with Crippen LogP contribution in [0, 0.1) is 0 Å². The molecular formula is C25H22F3N3O3. The number of rotatable bonds is 4. The molecule has 2 aromatic heterocycles. The van der Waals surface area contributed by atoms with Crippen LogP contribution in [0.25, 0.3) is 33.2 Å². The van der Waals surface area contributed by atoms with Crippen LogP contribution < -0.4 is 4.74 Å². The van der Waals surface area contributed by atoms with E-state index in [1.54, 1.807) is 30.1 Å². The summed E-state index contributed by atoms with van der Waals surface area (Å²) in [4.78, 5) is 13.8. The maximum Gasteiger partial charge on any atom is 0.406 e. The molecule has 0 saturated heterocycles. The monoisotopic (exact) mass is 469 g/mol. The second-order valence-electron chi connectivity index (χ2n) is 8.58. The number of halogens is 3. The fourth-order valence-corrected chi connectivity index (χ4v) is 4.59. The third kappa shape index (κ3) is 3.81. The Bertz CT molecular complexity index is 1400. The van der Waals surface area contributed by atoms with Crippen molar-refractivity contribution >= 4 is 16.9 Å². The first kappa shape index (κ1) is 22.1. The summed E-state index contributed by atoms with van der Waals surface area (Å²) in [7, 11) is 3.26. The van der Waals surface area contributed by atoms with Crippen LogP contribution in [-0.4, -0.2) is 46.5 Å². The van der Waals surface area contributed by atoms with E-state index >= 15 is 0 Å². The van der Waals surface area contributed by atoms with Crippen molar-refractivity contribution in [3.05, 3.63) is 60.1 Å². The molecule has 0 saturated carbocycles. The molecule has 4 aromatic rings. The molecule has 0 fully saturated rings. The van der Waals surface area contributed by atoms with Crippen molar-refractivity contribution in [3.8, 4) is 28.0 Å². The minimum absolute atomic E-state index is 0.181. The van der Waals surface area contributed by atoms with Gasteiger partial charge in [-0.1, -0.05) is 6.07 Å². The molecule has 2 aromatic carbocycles. The van der Waals surface area contributed by atoms with Crippen LogP contribution in [0.5, 0.6) is 5.75 Å². The second-order valence-corrected chi connectivity index (χ2v) is 8.58. The fourth-order valence-electron chi connectivity index (χ4n) is 4.59. The summed E-state index contributed by atoms with van der Waals surface area (Å²) < 4.78 is 52.1. The minimum Gasteiger partial charge on any atom is -0.496 e. The number of methoxy groups -OCH3 is 1. The van der Waals surface area contributed by atoms with Gasteiger partial charge in [0, 0.05) is 35.8 Å². The molecule has 0 bridgehead atoms. The Morgan fingerprint density at radius 2 is 1.97 bits per heavy atom. The van der Waals surface area contributed by atoms with Gasteiger partial charge < -0.3 is 14.1 Å². The normalized spacial score (nSPS) is 16.2. The van der Waals surface area contributed by atoms with E-state index in [9.17, 15) is 18.0 Å². The van der Waals surface area contributed by atoms with E-state index in [0.717, 1.165) is 32.5 Å². The van der Waals surface area contributed by atoms with Gasteiger partial charge in [0.2, 0.25) is 0 Å². The summed E-state index contributed by atoms with van der Waals surface area (Å²) in [6, 6.07) is 8.81. The van der Waals surface area contributed by atoms with E-state index in [-0.39, 0.29) is 11.3 Å². The first-order chi connectivity index (χ1) is 16.1. The van der Waals surface area contributed by atoms with Crippen molar-refractivity contribution in [2.75, 3.05) is 13.7 Å². The number of furan rings is 1. The van der Waals surface area contributed by atoms with Crippen LogP contribution in [0.4, 0.5) is 13.2 Å². The first-order valence-electron chi connectivity index (χ1n) is 10.7. The highest BCUT2D eigenvalue weighted by molar-refractivity contribution is 6.02. The van der Waals surface area contributed by atoms with Gasteiger partial charge in [-0.2, -0.15) is 18.3 Å². The first-order valence-corrected chi connectivity index (χ1v) is 10.7. The largest absolute Gasteiger partial charge is 0.496 e. The number of hydrogen-bond acceptors (Lipinski definition) is 4. The predicted molar refractivity (Wildman–Crippen MR) is 121 cm³/mol. The van der Waals surface area contributed by atoms with E-state index in [2.05, 4.69) is 5.10 Å². The smallest absolute Gasteiger partial charge is 0.406 e. The average molecular weight is 469 g/mol. The number of hydrogen-bond donors (Lipinski definition) is 0. The highest BCUT2D eigenvalue weighted by Gasteiger charge is 2.40. The zero-order valence-electron chi connectivity index (χ0n) is 18.8. The molecule has 34 heavy (non-hydrogen) atoms. The Hall–Kier alpha value is -3.75. The van der Waals surface area contributed by atoms with Gasteiger partial charge in [-0.05, 0) is 54.3 Å². The number of alkyl halides is 3. The van der Waals surface area contributed by atoms with Gasteiger partial charge in [0.1, 0.15) is 17.9 Å². The average Bonchev–Trinajstić information content (AvgIpc) is 3.40. The van der Waals surface area contributed by atoms with Gasteiger partial charge in [0.25, 0.3) is 5.91 Å². The molecular weight excluding hydrogens is 447 g/mol. The van der Waals surface area contributed by atoms with Crippen molar-refractivity contribution in [3.63, 3.8) is 0 Å². The number of carbonyl (C=O) groups excluding carboxylic acids is 1. The molecule has 6 nitrogen and oxygen atoms in total. The highest BCUT2D eigenvalue weighted by atomic mass is 19.4. The van der Waals surface area contributed by atoms with Crippen molar-refractivity contribution in [1.29, 1.82) is 0 Å². The van der Waals surface area contributed by atoms with E-state index in [4.69, 9.17) is 9.15 Å². The number of amides is 1. The Labute approximate surface area is 193 Å². The van der Waals surface area contributed by atoms with E-state index < -0.39 is 24.7 Å². The molecule has 1 aliphatic heterocycles. The molecule has 0 unspecified atom stereocenters. The van der Waals surface area contributed by atoms with E-state index in [1.807, 2.05) is 37.5 Å². The number of carbonyl (C=O) groups is 1. The lowest BCUT2D eigenvalue weighted by molar-refractivity contribution is -0.144. The predicted octanol–water partition coefficient (Wildman–Crippen LogP) is 5.46. The number of ether oxygens (including phenoxy) is 1. The summed E-state index contributed by atoms with van der Waals surface area (Å²) in [5.74, 6) is -0.425. The topological polar surface area (TPSA) is 60.5 Å². The number of aryl methyl sites for hydroxylation is 1. The molecule has 3 heterocycles. The summed E-state index contributed by atoms with van der Waals surface area (Å²) in [5.41, 5.74) is 5.04. The van der Waals surface area contributed by atoms with Gasteiger partial charge in [-0.15, -0.1) is 0 Å². The molecule has 1 aliphatic rings. The van der Waals surface area contributed by atoms with Crippen molar-refractivity contribution in [2.24, 2.45) is 7.05 Å². The highest BCUT2D eigenvalue weighted by Crippen LogP contribution is 2.39. The standard InChI is InChI=1S/C25H22F3N3O3/c1-14-6-17-7-16(9-22(33-3)23(17)24(32)31(14)13-25(26,27)28)20-12-34-21-8-15(4-5-19(20)21)18-10-29-30(2)11-18/h4-5,7-12,14H,6,13H2,1-3H3/t14-/m1/s1. The summed E-state index contributed by atoms with van der Waals surface area (Å²) >= 11 is 0. The fraction of sp³-hybridized carbons (Fsp3) is 0.280. The van der Waals surface area contributed by atoms with Crippen LogP contribution in [0.1, 0.15) is 22.8 Å². The zero-order chi connectivity index (χ0) is 24.2. The number of fused-ring (bicyclic) bond motifs is 2. The number of aromatic nitrogens is 2. The van der Waals surface area contributed by atoms with Crippen LogP contribution in [0.3, 0.4) is 0 Å². The van der Waals surface area contributed by atoms with Gasteiger partial charge in [0.15, 0.2) is 0 Å². The SMILES string of the molecule is COc1cc(-c2coc3cc(-c4cnn(C)c4)ccc23)cc2c1C(=O)N(CC(F)(F)F)[C@H](C)C2. The molecule has 0 N–H and O–H groups in total. The van der Waals surface area contributed by atoms with Gasteiger partial charge >= 0.3 is 6.18 Å². The molecule has 1 atom stereocenters. The van der Waals surface area contributed by atoms with Gasteiger partial charge in [-0.3, -0.25) is 9.48 Å². The molecule has 176 valence electrons. The molecule has 1 amide bonds. The number of nitrogens with zero attached hydrogens (tertiary/aromatic N) is 3. The van der Waals surface area contributed by atoms with Crippen molar-refractivity contribution < 1.29 is 27.1 Å². The van der Waals surface area contributed by atoms with Crippen LogP contribution >= 0.6 is 0 Å². The quantitative estimate of drug-likeness (QED) is 0.398. The molecule has 9 heteroatoms. The minimum atomic E-state index is -4.47. The molecule has 0 aliphatic carbocycles. The Morgan fingerprint density at radius 1 is 1.18 bits per heavy atom. The summed E-state index contributed by atoms with van der Waals surface area (Å²) in [5, 5.41) is 5.08. The molecule has 0 spiro atoms. The van der Waals surface area contributed by atoms with E-state index in [0.29, 0.717) is 17.6 Å². The third-order valence-electron chi connectivity index (χ3n) is 6.20. The maximum absolute atomic E-state index is 13.0. The van der Waals surface area contributed by atoms with Crippen molar-refractivity contribution in [1.82, 2.24) is 14.7 Å². The lowest BCUT2D eigenvalue weighted by atomic mass is 9.89. The lowest BCUT2D eigenvalue weighted by Gasteiger charge is -2.35. The Kier molecular flexibility index (Phi) is 5.15. The zero-order valence-corrected chi connectivity index (χ0v) is 18.8. The van der Waals surface area contributed by atoms with Crippen LogP contribution in [0.15, 0.2) is 53.4 Å². The van der Waals surface area contributed by atoms with E-state index in [1.165, 1.54) is 7.11 Å². The third-order valence-corrected chi connectivity index (χ3v) is 6.20. The summed E-state index contributed by atoms with van der Waals surface area (Å²) in [6.07, 6.45) is 1.16. The molecule has 0 radical (unpaired) electrons. The second kappa shape index (κ2) is 7.93. The maximum atomic E-state index is 13.0. The Morgan fingerprint density at radius 3 is 2.65 bits per heavy atom. The van der Waals surface area contributed by atoms with Crippen LogP contribution in [0.2, 0.25) is 0 Å². The van der Waals surface area contributed by atoms with Crippen molar-refractivity contribution in [2.45, 2.75) is 25.6 Å². The van der Waals surface area contributed by atoms with Gasteiger partial charge in [-0.25, -0.2) is 0 Å². The summed E-state index contributed by atoms with van der Waals surface area (Å²) in [6.45, 7) is 0.335. The van der Waals surface area contributed by atoms with Gasteiger partial charge in [0.05, 0.1) is 25.1 Å². The Balaban J connectivity index is 1.56. The molecule has 5 rings (SSSR count). The van der Waals surface area contributed by atoms with Crippen LogP contribution in [-0.2, 0) is 13.5 Å². The lowest BCUT2D eigenvalue weighted by Crippen LogP contribution is -2.48.